The van der Waals surface area contributed by atoms with Crippen molar-refractivity contribution in [1.82, 2.24) is 24.4 Å². The summed E-state index contributed by atoms with van der Waals surface area (Å²) >= 11 is 0. The largest absolute Gasteiger partial charge is 0.292 e. The summed E-state index contributed by atoms with van der Waals surface area (Å²) in [5, 5.41) is 2.18. The second kappa shape index (κ2) is 6.43. The first-order valence-electron chi connectivity index (χ1n) is 9.69. The molecule has 0 spiro atoms. The van der Waals surface area contributed by atoms with Crippen LogP contribution in [0.5, 0.6) is 0 Å². The monoisotopic (exact) mass is 389 g/mol. The van der Waals surface area contributed by atoms with Crippen molar-refractivity contribution >= 4 is 39.8 Å². The number of para-hydroxylation sites is 2. The summed E-state index contributed by atoms with van der Waals surface area (Å²) in [4.78, 5) is 21.9. The van der Waals surface area contributed by atoms with Crippen molar-refractivity contribution in [2.24, 2.45) is 4.99 Å². The lowest BCUT2D eigenvalue weighted by molar-refractivity contribution is 0.725. The highest BCUT2D eigenvalue weighted by atomic mass is 15.4. The summed E-state index contributed by atoms with van der Waals surface area (Å²) in [6.45, 7) is 0. The van der Waals surface area contributed by atoms with Gasteiger partial charge >= 0.3 is 0 Å². The van der Waals surface area contributed by atoms with Gasteiger partial charge in [-0.3, -0.25) is 9.97 Å². The number of rotatable bonds is 3. The first-order valence-corrected chi connectivity index (χ1v) is 9.69. The molecule has 0 fully saturated rings. The van der Waals surface area contributed by atoms with Gasteiger partial charge in [0.25, 0.3) is 0 Å². The summed E-state index contributed by atoms with van der Waals surface area (Å²) in [5.41, 5.74) is 2.84. The normalized spacial score (nSPS) is 17.9. The molecule has 0 radical (unpaired) electrons. The molecular formula is C24H17N6+. The second-order valence-electron chi connectivity index (χ2n) is 7.24. The minimum atomic E-state index is 0.249. The zero-order chi connectivity index (χ0) is 20.0. The van der Waals surface area contributed by atoms with Crippen molar-refractivity contribution in [2.75, 3.05) is 0 Å². The van der Waals surface area contributed by atoms with Crippen LogP contribution in [0.1, 0.15) is 0 Å². The van der Waals surface area contributed by atoms with Gasteiger partial charge in [0, 0.05) is 28.6 Å². The first-order chi connectivity index (χ1) is 14.8. The van der Waals surface area contributed by atoms with Crippen LogP contribution >= 0.6 is 0 Å². The van der Waals surface area contributed by atoms with Crippen molar-refractivity contribution in [3.63, 3.8) is 0 Å². The SMILES string of the molecule is C1=C[N+](c2ccc3ccccc3n2)(c2cnc(-c3cnc4ccccc4c3)[nH]2)C=N1. The molecule has 1 aliphatic heterocycles. The molecule has 1 N–H and O–H groups in total. The van der Waals surface area contributed by atoms with E-state index in [-0.39, 0.29) is 4.48 Å². The molecule has 0 saturated carbocycles. The Morgan fingerprint density at radius 2 is 1.60 bits per heavy atom. The summed E-state index contributed by atoms with van der Waals surface area (Å²) in [7, 11) is 0. The molecule has 6 rings (SSSR count). The number of fused-ring (bicyclic) bond motifs is 2. The molecule has 6 heteroatoms. The molecular weight excluding hydrogens is 372 g/mol. The molecule has 0 saturated heterocycles. The van der Waals surface area contributed by atoms with Gasteiger partial charge in [-0.05, 0) is 24.3 Å². The highest BCUT2D eigenvalue weighted by molar-refractivity contribution is 5.89. The maximum atomic E-state index is 4.90. The lowest BCUT2D eigenvalue weighted by atomic mass is 10.1. The van der Waals surface area contributed by atoms with Gasteiger partial charge < -0.3 is 0 Å². The number of hydrogen-bond donors (Lipinski definition) is 1. The molecule has 1 aliphatic rings. The van der Waals surface area contributed by atoms with Crippen LogP contribution in [0.25, 0.3) is 33.2 Å². The number of aromatic amines is 1. The molecule has 142 valence electrons. The van der Waals surface area contributed by atoms with Gasteiger partial charge in [-0.1, -0.05) is 36.4 Å². The fraction of sp³-hybridized carbons (Fsp3) is 0. The number of benzene rings is 2. The molecule has 1 atom stereocenters. The smallest absolute Gasteiger partial charge is 0.245 e. The maximum Gasteiger partial charge on any atom is 0.245 e. The van der Waals surface area contributed by atoms with Crippen LogP contribution in [0, 0.1) is 0 Å². The highest BCUT2D eigenvalue weighted by Gasteiger charge is 2.36. The van der Waals surface area contributed by atoms with E-state index in [1.54, 1.807) is 6.20 Å². The zero-order valence-corrected chi connectivity index (χ0v) is 16.0. The molecule has 0 amide bonds. The average molecular weight is 389 g/mol. The van der Waals surface area contributed by atoms with Gasteiger partial charge in [0.1, 0.15) is 18.2 Å². The number of pyridine rings is 2. The Balaban J connectivity index is 1.46. The maximum absolute atomic E-state index is 4.90. The fourth-order valence-corrected chi connectivity index (χ4v) is 3.84. The van der Waals surface area contributed by atoms with E-state index in [4.69, 9.17) is 4.98 Å². The summed E-state index contributed by atoms with van der Waals surface area (Å²) < 4.78 is 0.249. The van der Waals surface area contributed by atoms with Gasteiger partial charge in [-0.2, -0.15) is 9.47 Å². The number of imidazole rings is 1. The Hall–Kier alpha value is -4.16. The molecule has 30 heavy (non-hydrogen) atoms. The van der Waals surface area contributed by atoms with Crippen LogP contribution in [0.3, 0.4) is 0 Å². The zero-order valence-electron chi connectivity index (χ0n) is 16.0. The van der Waals surface area contributed by atoms with Crippen LogP contribution < -0.4 is 4.48 Å². The van der Waals surface area contributed by atoms with Crippen LogP contribution in [0.15, 0.2) is 96.5 Å². The molecule has 2 aromatic carbocycles. The summed E-state index contributed by atoms with van der Waals surface area (Å²) in [6.07, 6.45) is 9.32. The third-order valence-electron chi connectivity index (χ3n) is 5.42. The average Bonchev–Trinajstić information content (AvgIpc) is 3.49. The summed E-state index contributed by atoms with van der Waals surface area (Å²) in [6, 6.07) is 22.4. The molecule has 6 nitrogen and oxygen atoms in total. The fourth-order valence-electron chi connectivity index (χ4n) is 3.84. The molecule has 4 heterocycles. The van der Waals surface area contributed by atoms with Crippen LogP contribution in [0.2, 0.25) is 0 Å². The molecule has 3 aromatic heterocycles. The Kier molecular flexibility index (Phi) is 3.60. The molecule has 1 unspecified atom stereocenters. The molecule has 0 aliphatic carbocycles. The molecule has 0 bridgehead atoms. The number of quaternary nitrogens is 1. The van der Waals surface area contributed by atoms with E-state index < -0.39 is 0 Å². The van der Waals surface area contributed by atoms with Gasteiger partial charge in [-0.25, -0.2) is 9.98 Å². The number of H-pyrrole nitrogens is 1. The van der Waals surface area contributed by atoms with E-state index in [0.29, 0.717) is 0 Å². The van der Waals surface area contributed by atoms with E-state index in [0.717, 1.165) is 44.8 Å². The predicted molar refractivity (Wildman–Crippen MR) is 120 cm³/mol. The lowest BCUT2D eigenvalue weighted by Gasteiger charge is -2.23. The van der Waals surface area contributed by atoms with Gasteiger partial charge in [0.15, 0.2) is 0 Å². The topological polar surface area (TPSA) is 66.8 Å². The van der Waals surface area contributed by atoms with E-state index in [1.807, 2.05) is 67.4 Å². The van der Waals surface area contributed by atoms with E-state index in [9.17, 15) is 0 Å². The van der Waals surface area contributed by atoms with Crippen molar-refractivity contribution in [2.45, 2.75) is 0 Å². The Labute approximate surface area is 172 Å². The Morgan fingerprint density at radius 1 is 0.767 bits per heavy atom. The van der Waals surface area contributed by atoms with Crippen LogP contribution in [-0.4, -0.2) is 26.3 Å². The van der Waals surface area contributed by atoms with Crippen molar-refractivity contribution in [1.29, 1.82) is 0 Å². The van der Waals surface area contributed by atoms with Crippen LogP contribution in [-0.2, 0) is 0 Å². The third-order valence-corrected chi connectivity index (χ3v) is 5.42. The van der Waals surface area contributed by atoms with Gasteiger partial charge in [-0.15, -0.1) is 0 Å². The van der Waals surface area contributed by atoms with E-state index in [2.05, 4.69) is 44.2 Å². The standard InChI is InChI=1S/C24H17N6/c1-4-8-21-17(5-1)9-10-22(28-21)30(12-11-25-16-30)23-15-27-24(29-23)19-13-18-6-2-3-7-20(18)26-14-19/h1-16H,(H,27,29)/q+1. The lowest BCUT2D eigenvalue weighted by Crippen LogP contribution is -2.36. The first kappa shape index (κ1) is 16.8. The van der Waals surface area contributed by atoms with Crippen molar-refractivity contribution in [3.8, 4) is 11.4 Å². The van der Waals surface area contributed by atoms with Crippen molar-refractivity contribution in [3.05, 3.63) is 91.5 Å². The quantitative estimate of drug-likeness (QED) is 0.424. The number of aromatic nitrogens is 4. The number of hydrogen-bond acceptors (Lipinski definition) is 4. The summed E-state index contributed by atoms with van der Waals surface area (Å²) in [5.74, 6) is 2.46. The Morgan fingerprint density at radius 3 is 2.47 bits per heavy atom. The minimum absolute atomic E-state index is 0.249. The highest BCUT2D eigenvalue weighted by Crippen LogP contribution is 2.35. The number of aliphatic imine (C=N–C) groups is 1. The van der Waals surface area contributed by atoms with Gasteiger partial charge in [0.05, 0.1) is 17.2 Å². The number of nitrogens with one attached hydrogen (secondary N) is 1. The number of nitrogens with zero attached hydrogens (tertiary/aromatic N) is 5. The Bertz CT molecular complexity index is 1450. The minimum Gasteiger partial charge on any atom is -0.292 e. The van der Waals surface area contributed by atoms with E-state index in [1.165, 1.54) is 0 Å². The second-order valence-corrected chi connectivity index (χ2v) is 7.24. The third kappa shape index (κ3) is 2.55. The van der Waals surface area contributed by atoms with E-state index >= 15 is 0 Å². The van der Waals surface area contributed by atoms with Gasteiger partial charge in [0.2, 0.25) is 18.0 Å². The van der Waals surface area contributed by atoms with Crippen LogP contribution in [0.4, 0.5) is 11.6 Å². The molecule has 5 aromatic rings. The van der Waals surface area contributed by atoms with Crippen molar-refractivity contribution < 1.29 is 0 Å². The predicted octanol–water partition coefficient (Wildman–Crippen LogP) is 5.33.